The number of aromatic nitrogens is 1. The number of hydrogen-bond acceptors (Lipinski definition) is 5. The first kappa shape index (κ1) is 14.6. The molecule has 0 unspecified atom stereocenters. The van der Waals surface area contributed by atoms with Crippen LogP contribution in [0, 0.1) is 0 Å². The molecule has 0 aliphatic rings. The predicted molar refractivity (Wildman–Crippen MR) is 79.4 cm³/mol. The quantitative estimate of drug-likeness (QED) is 0.853. The van der Waals surface area contributed by atoms with Crippen LogP contribution < -0.4 is 10.1 Å². The lowest BCUT2D eigenvalue weighted by Gasteiger charge is -2.07. The first-order valence-corrected chi connectivity index (χ1v) is 7.11. The molecule has 0 saturated carbocycles. The van der Waals surface area contributed by atoms with Crippen LogP contribution in [0.3, 0.4) is 0 Å². The van der Waals surface area contributed by atoms with E-state index >= 15 is 0 Å². The summed E-state index contributed by atoms with van der Waals surface area (Å²) in [4.78, 5) is 14.8. The third-order valence-electron chi connectivity index (χ3n) is 2.56. The highest BCUT2D eigenvalue weighted by Crippen LogP contribution is 2.30. The number of ether oxygens (including phenoxy) is 1. The minimum atomic E-state index is -0.830. The SMILES string of the molecule is COc1ccc(Cl)c(Nc2nc(CCC(=O)O)cs2)c1. The number of nitrogens with one attached hydrogen (secondary N) is 1. The second kappa shape index (κ2) is 6.58. The number of thiazole rings is 1. The zero-order chi connectivity index (χ0) is 14.5. The molecule has 2 N–H and O–H groups in total. The Morgan fingerprint density at radius 3 is 3.05 bits per heavy atom. The van der Waals surface area contributed by atoms with Crippen LogP contribution in [-0.2, 0) is 11.2 Å². The van der Waals surface area contributed by atoms with E-state index in [1.807, 2.05) is 5.38 Å². The molecule has 0 fully saturated rings. The first-order valence-electron chi connectivity index (χ1n) is 5.85. The van der Waals surface area contributed by atoms with Gasteiger partial charge in [-0.25, -0.2) is 4.98 Å². The molecule has 0 aliphatic heterocycles. The second-order valence-corrected chi connectivity index (χ2v) is 5.27. The Morgan fingerprint density at radius 1 is 1.55 bits per heavy atom. The van der Waals surface area contributed by atoms with Gasteiger partial charge in [-0.3, -0.25) is 4.79 Å². The number of aryl methyl sites for hydroxylation is 1. The molecule has 1 heterocycles. The lowest BCUT2D eigenvalue weighted by Crippen LogP contribution is -1.98. The number of halogens is 1. The first-order chi connectivity index (χ1) is 9.58. The fourth-order valence-corrected chi connectivity index (χ4v) is 2.48. The highest BCUT2D eigenvalue weighted by Gasteiger charge is 2.07. The van der Waals surface area contributed by atoms with E-state index in [-0.39, 0.29) is 6.42 Å². The van der Waals surface area contributed by atoms with Crippen LogP contribution in [0.15, 0.2) is 23.6 Å². The molecule has 0 amide bonds. The number of nitrogens with zero attached hydrogens (tertiary/aromatic N) is 1. The van der Waals surface area contributed by atoms with Crippen molar-refractivity contribution >= 4 is 39.7 Å². The normalized spacial score (nSPS) is 10.3. The number of benzene rings is 1. The predicted octanol–water partition coefficient (Wildman–Crippen LogP) is 3.57. The number of carboxylic acids is 1. The van der Waals surface area contributed by atoms with Gasteiger partial charge in [0.25, 0.3) is 0 Å². The Hall–Kier alpha value is -1.79. The van der Waals surface area contributed by atoms with Gasteiger partial charge in [0, 0.05) is 17.9 Å². The Labute approximate surface area is 125 Å². The zero-order valence-electron chi connectivity index (χ0n) is 10.7. The molecule has 0 spiro atoms. The number of carbonyl (C=O) groups is 1. The number of carboxylic acid groups (broad SMARTS) is 1. The average molecular weight is 313 g/mol. The minimum Gasteiger partial charge on any atom is -0.497 e. The lowest BCUT2D eigenvalue weighted by molar-refractivity contribution is -0.136. The Bertz CT molecular complexity index is 615. The molecule has 0 radical (unpaired) electrons. The molecule has 1 aromatic heterocycles. The van der Waals surface area contributed by atoms with E-state index in [1.165, 1.54) is 11.3 Å². The van der Waals surface area contributed by atoms with Gasteiger partial charge < -0.3 is 15.2 Å². The van der Waals surface area contributed by atoms with E-state index in [9.17, 15) is 4.79 Å². The molecule has 106 valence electrons. The smallest absolute Gasteiger partial charge is 0.303 e. The van der Waals surface area contributed by atoms with Crippen molar-refractivity contribution < 1.29 is 14.6 Å². The van der Waals surface area contributed by atoms with Gasteiger partial charge in [-0.2, -0.15) is 0 Å². The molecular weight excluding hydrogens is 300 g/mol. The van der Waals surface area contributed by atoms with Crippen LogP contribution in [-0.4, -0.2) is 23.2 Å². The van der Waals surface area contributed by atoms with Gasteiger partial charge in [0.15, 0.2) is 5.13 Å². The van der Waals surface area contributed by atoms with Crippen LogP contribution >= 0.6 is 22.9 Å². The van der Waals surface area contributed by atoms with Crippen molar-refractivity contribution in [3.63, 3.8) is 0 Å². The lowest BCUT2D eigenvalue weighted by atomic mass is 10.2. The summed E-state index contributed by atoms with van der Waals surface area (Å²) < 4.78 is 5.14. The van der Waals surface area contributed by atoms with Crippen LogP contribution in [0.5, 0.6) is 5.75 Å². The van der Waals surface area contributed by atoms with E-state index in [0.717, 1.165) is 5.69 Å². The van der Waals surface area contributed by atoms with Crippen molar-refractivity contribution in [2.24, 2.45) is 0 Å². The number of methoxy groups -OCH3 is 1. The second-order valence-electron chi connectivity index (χ2n) is 4.01. The highest BCUT2D eigenvalue weighted by atomic mass is 35.5. The average Bonchev–Trinajstić information content (AvgIpc) is 2.86. The van der Waals surface area contributed by atoms with Gasteiger partial charge in [-0.15, -0.1) is 11.3 Å². The van der Waals surface area contributed by atoms with Crippen LogP contribution in [0.25, 0.3) is 0 Å². The summed E-state index contributed by atoms with van der Waals surface area (Å²) in [5.41, 5.74) is 1.45. The molecule has 20 heavy (non-hydrogen) atoms. The molecule has 1 aromatic carbocycles. The van der Waals surface area contributed by atoms with E-state index in [0.29, 0.717) is 28.0 Å². The fourth-order valence-electron chi connectivity index (χ4n) is 1.56. The summed E-state index contributed by atoms with van der Waals surface area (Å²) >= 11 is 7.50. The van der Waals surface area contributed by atoms with Gasteiger partial charge in [-0.05, 0) is 12.1 Å². The summed E-state index contributed by atoms with van der Waals surface area (Å²) in [6, 6.07) is 5.29. The van der Waals surface area contributed by atoms with Crippen molar-refractivity contribution in [3.05, 3.63) is 34.3 Å². The van der Waals surface area contributed by atoms with E-state index in [2.05, 4.69) is 10.3 Å². The highest BCUT2D eigenvalue weighted by molar-refractivity contribution is 7.13. The third-order valence-corrected chi connectivity index (χ3v) is 3.70. The Balaban J connectivity index is 2.08. The van der Waals surface area contributed by atoms with Crippen LogP contribution in [0.1, 0.15) is 12.1 Å². The maximum Gasteiger partial charge on any atom is 0.303 e. The number of aliphatic carboxylic acids is 1. The molecule has 0 atom stereocenters. The molecule has 2 aromatic rings. The fraction of sp³-hybridized carbons (Fsp3) is 0.231. The van der Waals surface area contributed by atoms with E-state index < -0.39 is 5.97 Å². The minimum absolute atomic E-state index is 0.0725. The largest absolute Gasteiger partial charge is 0.497 e. The number of rotatable bonds is 6. The van der Waals surface area contributed by atoms with Crippen LogP contribution in [0.4, 0.5) is 10.8 Å². The Morgan fingerprint density at radius 2 is 2.35 bits per heavy atom. The molecule has 2 rings (SSSR count). The molecule has 0 bridgehead atoms. The van der Waals surface area contributed by atoms with Gasteiger partial charge in [0.05, 0.1) is 29.9 Å². The number of anilines is 2. The summed E-state index contributed by atoms with van der Waals surface area (Å²) in [7, 11) is 1.58. The molecule has 0 aliphatic carbocycles. The summed E-state index contributed by atoms with van der Waals surface area (Å²) in [6.07, 6.45) is 0.489. The number of hydrogen-bond donors (Lipinski definition) is 2. The molecule has 5 nitrogen and oxygen atoms in total. The topological polar surface area (TPSA) is 71.5 Å². The molecule has 7 heteroatoms. The maximum absolute atomic E-state index is 10.5. The van der Waals surface area contributed by atoms with Crippen molar-refractivity contribution in [3.8, 4) is 5.75 Å². The summed E-state index contributed by atoms with van der Waals surface area (Å²) in [6.45, 7) is 0. The van der Waals surface area contributed by atoms with Crippen molar-refractivity contribution in [2.45, 2.75) is 12.8 Å². The van der Waals surface area contributed by atoms with Gasteiger partial charge in [0.1, 0.15) is 5.75 Å². The Kier molecular flexibility index (Phi) is 4.81. The van der Waals surface area contributed by atoms with Crippen molar-refractivity contribution in [1.82, 2.24) is 4.98 Å². The van der Waals surface area contributed by atoms with Gasteiger partial charge >= 0.3 is 5.97 Å². The van der Waals surface area contributed by atoms with Crippen LogP contribution in [0.2, 0.25) is 5.02 Å². The van der Waals surface area contributed by atoms with E-state index in [1.54, 1.807) is 25.3 Å². The van der Waals surface area contributed by atoms with Crippen molar-refractivity contribution in [1.29, 1.82) is 0 Å². The monoisotopic (exact) mass is 312 g/mol. The summed E-state index contributed by atoms with van der Waals surface area (Å²) in [5.74, 6) is -0.136. The maximum atomic E-state index is 10.5. The van der Waals surface area contributed by atoms with Gasteiger partial charge in [-0.1, -0.05) is 11.6 Å². The van der Waals surface area contributed by atoms with Crippen molar-refractivity contribution in [2.75, 3.05) is 12.4 Å². The molecule has 0 saturated heterocycles. The summed E-state index contributed by atoms with van der Waals surface area (Å²) in [5, 5.41) is 14.8. The standard InChI is InChI=1S/C13H13ClN2O3S/c1-19-9-3-4-10(14)11(6-9)16-13-15-8(7-20-13)2-5-12(17)18/h3-4,6-7H,2,5H2,1H3,(H,15,16)(H,17,18). The van der Waals surface area contributed by atoms with E-state index in [4.69, 9.17) is 21.4 Å². The zero-order valence-corrected chi connectivity index (χ0v) is 12.3. The van der Waals surface area contributed by atoms with Gasteiger partial charge in [0.2, 0.25) is 0 Å². The molecular formula is C13H13ClN2O3S. The third kappa shape index (κ3) is 3.85.